The second-order valence-corrected chi connectivity index (χ2v) is 15.1. The number of carbonyl (C=O) groups excluding carboxylic acids is 2. The Hall–Kier alpha value is -3.67. The Labute approximate surface area is 274 Å². The monoisotopic (exact) mass is 622 g/mol. The largest absolute Gasteiger partial charge is 0.478 e. The van der Waals surface area contributed by atoms with Crippen LogP contribution in [-0.2, 0) is 15.0 Å². The molecule has 6 rings (SSSR count). The van der Waals surface area contributed by atoms with Gasteiger partial charge in [-0.05, 0) is 60.4 Å². The molecule has 4 aliphatic rings. The fourth-order valence-electron chi connectivity index (χ4n) is 9.14. The summed E-state index contributed by atoms with van der Waals surface area (Å²) in [5, 5.41) is 9.36. The van der Waals surface area contributed by atoms with Crippen molar-refractivity contribution in [2.24, 2.45) is 16.7 Å². The van der Waals surface area contributed by atoms with Gasteiger partial charge in [0.05, 0.1) is 11.0 Å². The molecule has 2 amide bonds. The minimum Gasteiger partial charge on any atom is -0.478 e. The number of aromatic carboxylic acids is 1. The number of piperidine rings is 1. The lowest BCUT2D eigenvalue weighted by molar-refractivity contribution is -0.144. The number of rotatable bonds is 7. The normalized spacial score (nSPS) is 24.4. The molecule has 46 heavy (non-hydrogen) atoms. The number of carboxylic acids is 1. The fourth-order valence-corrected chi connectivity index (χ4v) is 9.14. The van der Waals surface area contributed by atoms with Gasteiger partial charge in [-0.25, -0.2) is 4.79 Å². The first kappa shape index (κ1) is 32.3. The molecule has 2 aromatic rings. The van der Waals surface area contributed by atoms with Crippen molar-refractivity contribution in [3.05, 3.63) is 89.0 Å². The van der Waals surface area contributed by atoms with Gasteiger partial charge in [0.1, 0.15) is 0 Å². The van der Waals surface area contributed by atoms with Crippen molar-refractivity contribution in [3.63, 3.8) is 0 Å². The van der Waals surface area contributed by atoms with Gasteiger partial charge < -0.3 is 14.9 Å². The van der Waals surface area contributed by atoms with Crippen molar-refractivity contribution >= 4 is 23.4 Å². The third-order valence-electron chi connectivity index (χ3n) is 11.7. The van der Waals surface area contributed by atoms with Crippen molar-refractivity contribution in [2.45, 2.75) is 90.4 Å². The van der Waals surface area contributed by atoms with E-state index in [0.717, 1.165) is 24.0 Å². The van der Waals surface area contributed by atoms with Gasteiger partial charge in [-0.2, -0.15) is 0 Å². The molecule has 0 aromatic heterocycles. The summed E-state index contributed by atoms with van der Waals surface area (Å²) < 4.78 is 0. The number of amides is 2. The van der Waals surface area contributed by atoms with Crippen LogP contribution in [0.3, 0.4) is 0 Å². The van der Waals surface area contributed by atoms with Gasteiger partial charge in [-0.1, -0.05) is 113 Å². The van der Waals surface area contributed by atoms with Crippen LogP contribution in [0.1, 0.15) is 106 Å². The summed E-state index contributed by atoms with van der Waals surface area (Å²) in [5.74, 6) is 0.207. The molecule has 1 N–H and O–H groups in total. The summed E-state index contributed by atoms with van der Waals surface area (Å²) in [5.41, 5.74) is 3.84. The molecule has 0 radical (unpaired) electrons. The van der Waals surface area contributed by atoms with Gasteiger partial charge in [0.15, 0.2) is 0 Å². The molecule has 1 saturated heterocycles. The van der Waals surface area contributed by atoms with Crippen LogP contribution in [0.2, 0.25) is 0 Å². The SMILES string of the molecule is CC1(C)C(c2ccc(C(=O)O)cc2)=CC[C@]2(C)CN(C(=O)C3(c4ccccc4)CCN(C(=O)CCC4CCCCC4)CC3)CC=C12. The van der Waals surface area contributed by atoms with Gasteiger partial charge in [-0.15, -0.1) is 0 Å². The second-order valence-electron chi connectivity index (χ2n) is 15.1. The minimum absolute atomic E-state index is 0.182. The predicted octanol–water partition coefficient (Wildman–Crippen LogP) is 7.89. The molecule has 2 fully saturated rings. The first-order chi connectivity index (χ1) is 22.0. The maximum absolute atomic E-state index is 14.8. The van der Waals surface area contributed by atoms with Crippen molar-refractivity contribution in [1.29, 1.82) is 0 Å². The average Bonchev–Trinajstić information content (AvgIpc) is 3.07. The Balaban J connectivity index is 1.19. The van der Waals surface area contributed by atoms with E-state index in [1.54, 1.807) is 12.1 Å². The van der Waals surface area contributed by atoms with E-state index < -0.39 is 11.4 Å². The van der Waals surface area contributed by atoms with Crippen molar-refractivity contribution in [1.82, 2.24) is 9.80 Å². The van der Waals surface area contributed by atoms with Crippen LogP contribution in [0.4, 0.5) is 0 Å². The van der Waals surface area contributed by atoms with E-state index in [9.17, 15) is 19.5 Å². The van der Waals surface area contributed by atoms with E-state index >= 15 is 0 Å². The molecular formula is C40H50N2O4. The van der Waals surface area contributed by atoms with Crippen LogP contribution in [0.25, 0.3) is 5.57 Å². The molecule has 1 saturated carbocycles. The van der Waals surface area contributed by atoms with Gasteiger partial charge in [0.2, 0.25) is 11.8 Å². The van der Waals surface area contributed by atoms with Crippen LogP contribution >= 0.6 is 0 Å². The maximum Gasteiger partial charge on any atom is 0.335 e. The molecule has 6 nitrogen and oxygen atoms in total. The van der Waals surface area contributed by atoms with Crippen molar-refractivity contribution in [3.8, 4) is 0 Å². The zero-order chi connectivity index (χ0) is 32.5. The molecular weight excluding hydrogens is 572 g/mol. The summed E-state index contributed by atoms with van der Waals surface area (Å²) in [4.78, 5) is 43.6. The highest BCUT2D eigenvalue weighted by Gasteiger charge is 2.50. The Bertz CT molecular complexity index is 1510. The summed E-state index contributed by atoms with van der Waals surface area (Å²) in [6.07, 6.45) is 14.8. The smallest absolute Gasteiger partial charge is 0.335 e. The van der Waals surface area contributed by atoms with Gasteiger partial charge in [-0.3, -0.25) is 9.59 Å². The van der Waals surface area contributed by atoms with E-state index in [1.165, 1.54) is 43.3 Å². The third kappa shape index (κ3) is 6.08. The highest BCUT2D eigenvalue weighted by Crippen LogP contribution is 2.55. The van der Waals surface area contributed by atoms with E-state index in [1.807, 2.05) is 35.2 Å². The first-order valence-electron chi connectivity index (χ1n) is 17.4. The Morgan fingerprint density at radius 1 is 0.848 bits per heavy atom. The van der Waals surface area contributed by atoms with E-state index in [-0.39, 0.29) is 28.2 Å². The average molecular weight is 623 g/mol. The number of carbonyl (C=O) groups is 3. The molecule has 2 aliphatic carbocycles. The molecule has 6 heteroatoms. The van der Waals surface area contributed by atoms with Crippen LogP contribution in [0.15, 0.2) is 72.3 Å². The van der Waals surface area contributed by atoms with Gasteiger partial charge in [0.25, 0.3) is 0 Å². The molecule has 0 spiro atoms. The minimum atomic E-state index is -0.920. The highest BCUT2D eigenvalue weighted by atomic mass is 16.4. The molecule has 1 atom stereocenters. The number of benzene rings is 2. The Morgan fingerprint density at radius 2 is 1.52 bits per heavy atom. The zero-order valence-corrected chi connectivity index (χ0v) is 27.9. The van der Waals surface area contributed by atoms with Crippen LogP contribution in [-0.4, -0.2) is 58.9 Å². The topological polar surface area (TPSA) is 77.9 Å². The van der Waals surface area contributed by atoms with E-state index in [4.69, 9.17) is 0 Å². The molecule has 0 bridgehead atoms. The van der Waals surface area contributed by atoms with Crippen LogP contribution < -0.4 is 0 Å². The highest BCUT2D eigenvalue weighted by molar-refractivity contribution is 5.90. The second kappa shape index (κ2) is 12.8. The zero-order valence-electron chi connectivity index (χ0n) is 27.9. The Kier molecular flexibility index (Phi) is 9.02. The maximum atomic E-state index is 14.8. The number of hydrogen-bond acceptors (Lipinski definition) is 3. The summed E-state index contributed by atoms with van der Waals surface area (Å²) in [6, 6.07) is 17.4. The summed E-state index contributed by atoms with van der Waals surface area (Å²) >= 11 is 0. The third-order valence-corrected chi connectivity index (χ3v) is 11.7. The number of likely N-dealkylation sites (tertiary alicyclic amines) is 1. The first-order valence-corrected chi connectivity index (χ1v) is 17.4. The standard InChI is InChI=1S/C40H50N2O4/c1-38(2)33(30-15-17-31(18-16-30)36(44)45)20-22-39(3)28-42(25-21-34(38)39)37(46)40(32-12-8-5-9-13-32)23-26-41(27-24-40)35(43)19-14-29-10-6-4-7-11-29/h5,8-9,12-13,15-18,20-21,29H,4,6-7,10-11,14,19,22-28H2,1-3H3,(H,44,45)/t39-/m1/s1. The van der Waals surface area contributed by atoms with Gasteiger partial charge >= 0.3 is 5.97 Å². The lowest BCUT2D eigenvalue weighted by atomic mass is 9.58. The Morgan fingerprint density at radius 3 is 2.17 bits per heavy atom. The molecule has 2 aliphatic heterocycles. The van der Waals surface area contributed by atoms with Gasteiger partial charge in [0, 0.05) is 43.4 Å². The number of carboxylic acid groups (broad SMARTS) is 1. The quantitative estimate of drug-likeness (QED) is 0.319. The lowest BCUT2D eigenvalue weighted by Gasteiger charge is -2.52. The number of nitrogens with zero attached hydrogens (tertiary/aromatic N) is 2. The molecule has 2 heterocycles. The molecule has 244 valence electrons. The molecule has 0 unspecified atom stereocenters. The number of allylic oxidation sites excluding steroid dienone is 2. The van der Waals surface area contributed by atoms with Crippen molar-refractivity contribution in [2.75, 3.05) is 26.2 Å². The summed E-state index contributed by atoms with van der Waals surface area (Å²) in [6.45, 7) is 9.24. The van der Waals surface area contributed by atoms with E-state index in [2.05, 4.69) is 50.0 Å². The summed E-state index contributed by atoms with van der Waals surface area (Å²) in [7, 11) is 0. The van der Waals surface area contributed by atoms with Crippen LogP contribution in [0, 0.1) is 16.7 Å². The van der Waals surface area contributed by atoms with E-state index in [0.29, 0.717) is 51.4 Å². The number of fused-ring (bicyclic) bond motifs is 1. The predicted molar refractivity (Wildman–Crippen MR) is 182 cm³/mol. The van der Waals surface area contributed by atoms with Crippen molar-refractivity contribution < 1.29 is 19.5 Å². The fraction of sp³-hybridized carbons (Fsp3) is 0.525. The molecule has 2 aromatic carbocycles. The lowest BCUT2D eigenvalue weighted by Crippen LogP contribution is -2.57. The van der Waals surface area contributed by atoms with Crippen LogP contribution in [0.5, 0.6) is 0 Å². The number of hydrogen-bond donors (Lipinski definition) is 1.